The van der Waals surface area contributed by atoms with Gasteiger partial charge in [0, 0.05) is 0 Å². The fourth-order valence-electron chi connectivity index (χ4n) is 6.21. The van der Waals surface area contributed by atoms with Gasteiger partial charge in [-0.05, 0) is 111 Å². The van der Waals surface area contributed by atoms with Gasteiger partial charge in [0.15, 0.2) is 0 Å². The monoisotopic (exact) mass is 366 g/mol. The Balaban J connectivity index is 1.31. The van der Waals surface area contributed by atoms with Crippen LogP contribution >= 0.6 is 0 Å². The van der Waals surface area contributed by atoms with Crippen LogP contribution < -0.4 is 0 Å². The number of aryl methyl sites for hydroxylation is 2. The molecule has 0 amide bonds. The third-order valence-electron chi connectivity index (χ3n) is 7.88. The summed E-state index contributed by atoms with van der Waals surface area (Å²) in [6.07, 6.45) is 18.5. The number of allylic oxidation sites excluding steroid dienone is 1. The molecule has 0 aromatic heterocycles. The van der Waals surface area contributed by atoms with Crippen molar-refractivity contribution in [2.45, 2.75) is 84.2 Å². The smallest absolute Gasteiger partial charge is 0.0651 e. The van der Waals surface area contributed by atoms with Crippen molar-refractivity contribution in [1.29, 1.82) is 0 Å². The molecule has 5 atom stereocenters. The molecule has 2 saturated carbocycles. The Kier molecular flexibility index (Phi) is 6.38. The quantitative estimate of drug-likeness (QED) is 0.538. The summed E-state index contributed by atoms with van der Waals surface area (Å²) >= 11 is 0. The number of hydrogen-bond acceptors (Lipinski definition) is 1. The van der Waals surface area contributed by atoms with Gasteiger partial charge in [0.1, 0.15) is 0 Å². The van der Waals surface area contributed by atoms with E-state index in [1.54, 1.807) is 11.1 Å². The van der Waals surface area contributed by atoms with E-state index in [2.05, 4.69) is 44.2 Å². The SMILES string of the molecule is C/C=C/CO[C@@H]1CC[C@@H]2CC(C3CCc4cc(CC)ccc4C3)CCC2C1. The van der Waals surface area contributed by atoms with E-state index >= 15 is 0 Å². The number of fused-ring (bicyclic) bond motifs is 2. The summed E-state index contributed by atoms with van der Waals surface area (Å²) in [6, 6.07) is 7.30. The van der Waals surface area contributed by atoms with Crippen LogP contribution in [0.15, 0.2) is 30.4 Å². The van der Waals surface area contributed by atoms with E-state index in [9.17, 15) is 0 Å². The molecule has 3 aliphatic carbocycles. The van der Waals surface area contributed by atoms with Crippen LogP contribution in [0.3, 0.4) is 0 Å². The Labute approximate surface area is 166 Å². The molecule has 0 aliphatic heterocycles. The molecule has 0 N–H and O–H groups in total. The van der Waals surface area contributed by atoms with Crippen molar-refractivity contribution in [1.82, 2.24) is 0 Å². The minimum Gasteiger partial charge on any atom is -0.374 e. The van der Waals surface area contributed by atoms with Crippen molar-refractivity contribution in [3.63, 3.8) is 0 Å². The summed E-state index contributed by atoms with van der Waals surface area (Å²) in [5.74, 6) is 3.84. The molecule has 0 saturated heterocycles. The van der Waals surface area contributed by atoms with Gasteiger partial charge in [-0.25, -0.2) is 0 Å². The highest BCUT2D eigenvalue weighted by Gasteiger charge is 2.38. The second-order valence-corrected chi connectivity index (χ2v) is 9.39. The van der Waals surface area contributed by atoms with E-state index in [0.717, 1.165) is 30.3 Å². The molecule has 4 rings (SSSR count). The molecular formula is C26H38O. The van der Waals surface area contributed by atoms with Crippen molar-refractivity contribution in [3.05, 3.63) is 47.0 Å². The predicted octanol–water partition coefficient (Wildman–Crippen LogP) is 6.53. The van der Waals surface area contributed by atoms with Gasteiger partial charge in [0.25, 0.3) is 0 Å². The number of rotatable bonds is 5. The summed E-state index contributed by atoms with van der Waals surface area (Å²) in [5.41, 5.74) is 4.82. The maximum Gasteiger partial charge on any atom is 0.0651 e. The molecule has 0 spiro atoms. The van der Waals surface area contributed by atoms with Crippen molar-refractivity contribution in [2.75, 3.05) is 6.61 Å². The Morgan fingerprint density at radius 2 is 1.70 bits per heavy atom. The van der Waals surface area contributed by atoms with Crippen molar-refractivity contribution in [2.24, 2.45) is 23.7 Å². The Hall–Kier alpha value is -1.08. The zero-order valence-electron chi connectivity index (χ0n) is 17.5. The zero-order valence-corrected chi connectivity index (χ0v) is 17.5. The fraction of sp³-hybridized carbons (Fsp3) is 0.692. The normalized spacial score (nSPS) is 33.6. The first-order valence-corrected chi connectivity index (χ1v) is 11.6. The summed E-state index contributed by atoms with van der Waals surface area (Å²) in [5, 5.41) is 0. The van der Waals surface area contributed by atoms with Gasteiger partial charge in [-0.3, -0.25) is 0 Å². The first-order valence-electron chi connectivity index (χ1n) is 11.6. The van der Waals surface area contributed by atoms with Crippen LogP contribution in [0.4, 0.5) is 0 Å². The van der Waals surface area contributed by atoms with Crippen LogP contribution in [-0.2, 0) is 24.0 Å². The van der Waals surface area contributed by atoms with Gasteiger partial charge in [-0.2, -0.15) is 0 Å². The van der Waals surface area contributed by atoms with Gasteiger partial charge >= 0.3 is 0 Å². The summed E-state index contributed by atoms with van der Waals surface area (Å²) in [7, 11) is 0. The minimum absolute atomic E-state index is 0.522. The van der Waals surface area contributed by atoms with E-state index in [1.807, 2.05) is 0 Å². The highest BCUT2D eigenvalue weighted by atomic mass is 16.5. The standard InChI is InChI=1S/C26H38O/c1-3-5-14-27-26-13-12-24-17-23(10-11-25(24)18-26)22-9-8-20-15-19(4-2)6-7-21(20)16-22/h3,5-7,15,22-26H,4,8-14,16-18H2,1-2H3/b5-3+/t22?,23?,24-,25?,26-/m1/s1. The van der Waals surface area contributed by atoms with Crippen LogP contribution in [0, 0.1) is 23.7 Å². The molecule has 1 aromatic rings. The van der Waals surface area contributed by atoms with Crippen LogP contribution in [0.2, 0.25) is 0 Å². The average molecular weight is 367 g/mol. The third kappa shape index (κ3) is 4.50. The molecule has 0 radical (unpaired) electrons. The molecule has 3 unspecified atom stereocenters. The van der Waals surface area contributed by atoms with Crippen LogP contribution in [0.1, 0.15) is 75.5 Å². The second kappa shape index (κ2) is 8.95. The molecule has 148 valence electrons. The topological polar surface area (TPSA) is 9.23 Å². The average Bonchev–Trinajstić information content (AvgIpc) is 2.72. The molecule has 0 heterocycles. The molecular weight excluding hydrogens is 328 g/mol. The van der Waals surface area contributed by atoms with Gasteiger partial charge in [0.05, 0.1) is 12.7 Å². The first kappa shape index (κ1) is 19.2. The predicted molar refractivity (Wildman–Crippen MR) is 114 cm³/mol. The Morgan fingerprint density at radius 1 is 0.926 bits per heavy atom. The highest BCUT2D eigenvalue weighted by Crippen LogP contribution is 2.47. The van der Waals surface area contributed by atoms with Crippen molar-refractivity contribution >= 4 is 0 Å². The first-order chi connectivity index (χ1) is 13.3. The van der Waals surface area contributed by atoms with Gasteiger partial charge in [-0.1, -0.05) is 37.3 Å². The Bertz CT molecular complexity index is 646. The lowest BCUT2D eigenvalue weighted by Crippen LogP contribution is -2.37. The van der Waals surface area contributed by atoms with E-state index in [4.69, 9.17) is 4.74 Å². The number of benzene rings is 1. The molecule has 1 heteroatoms. The zero-order chi connectivity index (χ0) is 18.6. The van der Waals surface area contributed by atoms with Crippen molar-refractivity contribution in [3.8, 4) is 0 Å². The van der Waals surface area contributed by atoms with Gasteiger partial charge in [-0.15, -0.1) is 0 Å². The minimum atomic E-state index is 0.522. The Morgan fingerprint density at radius 3 is 2.52 bits per heavy atom. The molecule has 3 aliphatic rings. The van der Waals surface area contributed by atoms with E-state index < -0.39 is 0 Å². The third-order valence-corrected chi connectivity index (χ3v) is 7.88. The number of hydrogen-bond donors (Lipinski definition) is 0. The number of ether oxygens (including phenoxy) is 1. The molecule has 2 fully saturated rings. The molecule has 1 nitrogen and oxygen atoms in total. The van der Waals surface area contributed by atoms with Gasteiger partial charge in [0.2, 0.25) is 0 Å². The van der Waals surface area contributed by atoms with Crippen LogP contribution in [0.25, 0.3) is 0 Å². The maximum absolute atomic E-state index is 6.09. The lowest BCUT2D eigenvalue weighted by molar-refractivity contribution is -0.0138. The maximum atomic E-state index is 6.09. The summed E-state index contributed by atoms with van der Waals surface area (Å²) in [6.45, 7) is 5.16. The molecule has 27 heavy (non-hydrogen) atoms. The lowest BCUT2D eigenvalue weighted by atomic mass is 9.62. The second-order valence-electron chi connectivity index (χ2n) is 9.39. The van der Waals surface area contributed by atoms with E-state index in [1.165, 1.54) is 69.8 Å². The van der Waals surface area contributed by atoms with Crippen molar-refractivity contribution < 1.29 is 4.74 Å². The highest BCUT2D eigenvalue weighted by molar-refractivity contribution is 5.34. The molecule has 0 bridgehead atoms. The van der Waals surface area contributed by atoms with E-state index in [-0.39, 0.29) is 0 Å². The largest absolute Gasteiger partial charge is 0.374 e. The lowest BCUT2D eigenvalue weighted by Gasteiger charge is -2.45. The van der Waals surface area contributed by atoms with Gasteiger partial charge < -0.3 is 4.74 Å². The van der Waals surface area contributed by atoms with E-state index in [0.29, 0.717) is 6.10 Å². The summed E-state index contributed by atoms with van der Waals surface area (Å²) < 4.78 is 6.09. The fourth-order valence-corrected chi connectivity index (χ4v) is 6.21. The molecule has 1 aromatic carbocycles. The summed E-state index contributed by atoms with van der Waals surface area (Å²) in [4.78, 5) is 0. The van der Waals surface area contributed by atoms with Crippen LogP contribution in [-0.4, -0.2) is 12.7 Å². The van der Waals surface area contributed by atoms with Crippen LogP contribution in [0.5, 0.6) is 0 Å².